The molecule has 1 aromatic carbocycles. The van der Waals surface area contributed by atoms with Crippen LogP contribution in [-0.2, 0) is 4.74 Å². The Balaban J connectivity index is 2.06. The van der Waals surface area contributed by atoms with E-state index in [1.807, 2.05) is 36.9 Å². The lowest BCUT2D eigenvalue weighted by atomic mass is 10.0. The van der Waals surface area contributed by atoms with Gasteiger partial charge in [0.05, 0.1) is 24.4 Å². The molecule has 4 nitrogen and oxygen atoms in total. The largest absolute Gasteiger partial charge is 0.397 e. The van der Waals surface area contributed by atoms with Crippen molar-refractivity contribution in [1.82, 2.24) is 4.90 Å². The molecule has 1 aromatic heterocycles. The fourth-order valence-corrected chi connectivity index (χ4v) is 4.45. The molecule has 1 aliphatic heterocycles. The number of benzene rings is 1. The van der Waals surface area contributed by atoms with Gasteiger partial charge >= 0.3 is 0 Å². The second kappa shape index (κ2) is 5.26. The molecule has 2 heterocycles. The molecule has 0 radical (unpaired) electrons. The Morgan fingerprint density at radius 2 is 2.24 bits per heavy atom. The van der Waals surface area contributed by atoms with Crippen LogP contribution >= 0.6 is 27.3 Å². The molecule has 1 amide bonds. The maximum atomic E-state index is 12.9. The highest BCUT2D eigenvalue weighted by atomic mass is 79.9. The van der Waals surface area contributed by atoms with Gasteiger partial charge in [-0.15, -0.1) is 11.3 Å². The summed E-state index contributed by atoms with van der Waals surface area (Å²) in [4.78, 5) is 15.4. The number of halogens is 1. The summed E-state index contributed by atoms with van der Waals surface area (Å²) in [5, 5.41) is 0.928. The average Bonchev–Trinajstić information content (AvgIpc) is 2.76. The Bertz CT molecular complexity index is 711. The molecule has 2 aromatic rings. The molecule has 0 saturated carbocycles. The minimum atomic E-state index is -0.310. The van der Waals surface area contributed by atoms with Crippen molar-refractivity contribution in [2.45, 2.75) is 19.4 Å². The Morgan fingerprint density at radius 3 is 2.90 bits per heavy atom. The minimum absolute atomic E-state index is 0.00565. The topological polar surface area (TPSA) is 55.6 Å². The first-order valence-corrected chi connectivity index (χ1v) is 8.39. The van der Waals surface area contributed by atoms with Crippen molar-refractivity contribution < 1.29 is 9.53 Å². The van der Waals surface area contributed by atoms with Gasteiger partial charge in [-0.05, 0) is 26.0 Å². The van der Waals surface area contributed by atoms with E-state index in [-0.39, 0.29) is 11.4 Å². The van der Waals surface area contributed by atoms with Crippen LogP contribution in [-0.4, -0.2) is 36.1 Å². The number of nitrogen functional groups attached to an aromatic ring is 1. The van der Waals surface area contributed by atoms with E-state index >= 15 is 0 Å². The van der Waals surface area contributed by atoms with Crippen molar-refractivity contribution in [3.63, 3.8) is 0 Å². The van der Waals surface area contributed by atoms with Crippen molar-refractivity contribution >= 4 is 48.9 Å². The minimum Gasteiger partial charge on any atom is -0.397 e. The van der Waals surface area contributed by atoms with E-state index in [1.54, 1.807) is 0 Å². The first-order chi connectivity index (χ1) is 9.92. The third kappa shape index (κ3) is 2.45. The molecule has 0 spiro atoms. The number of fused-ring (bicyclic) bond motifs is 1. The van der Waals surface area contributed by atoms with Gasteiger partial charge in [-0.1, -0.05) is 22.0 Å². The molecule has 6 heteroatoms. The molecule has 0 unspecified atom stereocenters. The number of amides is 1. The van der Waals surface area contributed by atoms with Crippen molar-refractivity contribution in [3.8, 4) is 0 Å². The van der Waals surface area contributed by atoms with Gasteiger partial charge in [0.2, 0.25) is 0 Å². The third-order valence-electron chi connectivity index (χ3n) is 3.79. The van der Waals surface area contributed by atoms with Gasteiger partial charge in [-0.3, -0.25) is 4.79 Å². The van der Waals surface area contributed by atoms with Crippen LogP contribution in [0.5, 0.6) is 0 Å². The molecule has 0 bridgehead atoms. The summed E-state index contributed by atoms with van der Waals surface area (Å²) < 4.78 is 7.43. The number of hydrogen-bond donors (Lipinski definition) is 1. The Morgan fingerprint density at radius 1 is 1.48 bits per heavy atom. The molecule has 2 N–H and O–H groups in total. The molecule has 21 heavy (non-hydrogen) atoms. The number of ether oxygens (including phenoxy) is 1. The lowest BCUT2D eigenvalue weighted by molar-refractivity contribution is -0.0368. The Labute approximate surface area is 136 Å². The lowest BCUT2D eigenvalue weighted by Crippen LogP contribution is -2.55. The van der Waals surface area contributed by atoms with Crippen LogP contribution < -0.4 is 5.73 Å². The zero-order chi connectivity index (χ0) is 15.2. The SMILES string of the molecule is CC1(C)COCCN1C(=O)c1sc2cccc(Br)c2c1N. The molecule has 3 rings (SSSR count). The standard InChI is InChI=1S/C15H17BrN2O2S/c1-15(2)8-20-7-6-18(15)14(19)13-12(17)11-9(16)4-3-5-10(11)21-13/h3-5H,6-8,17H2,1-2H3. The summed E-state index contributed by atoms with van der Waals surface area (Å²) in [7, 11) is 0. The maximum absolute atomic E-state index is 12.9. The van der Waals surface area contributed by atoms with Gasteiger partial charge in [0.1, 0.15) is 4.88 Å². The van der Waals surface area contributed by atoms with Gasteiger partial charge in [0, 0.05) is 21.1 Å². The van der Waals surface area contributed by atoms with Crippen LogP contribution in [0.4, 0.5) is 5.69 Å². The molecule has 0 aliphatic carbocycles. The van der Waals surface area contributed by atoms with E-state index in [2.05, 4.69) is 15.9 Å². The monoisotopic (exact) mass is 368 g/mol. The number of rotatable bonds is 1. The number of thiophene rings is 1. The van der Waals surface area contributed by atoms with Crippen LogP contribution in [0.2, 0.25) is 0 Å². The summed E-state index contributed by atoms with van der Waals surface area (Å²) in [5.41, 5.74) is 6.49. The zero-order valence-corrected chi connectivity index (χ0v) is 14.4. The summed E-state index contributed by atoms with van der Waals surface area (Å²) >= 11 is 4.96. The molecular formula is C15H17BrN2O2S. The van der Waals surface area contributed by atoms with Gasteiger partial charge in [0.15, 0.2) is 0 Å². The number of morpholine rings is 1. The number of carbonyl (C=O) groups is 1. The quantitative estimate of drug-likeness (QED) is 0.837. The first-order valence-electron chi connectivity index (χ1n) is 6.78. The fourth-order valence-electron chi connectivity index (χ4n) is 2.65. The predicted molar refractivity (Wildman–Crippen MR) is 89.9 cm³/mol. The summed E-state index contributed by atoms with van der Waals surface area (Å²) in [5.74, 6) is -0.00565. The highest BCUT2D eigenvalue weighted by Gasteiger charge is 2.36. The lowest BCUT2D eigenvalue weighted by Gasteiger charge is -2.41. The maximum Gasteiger partial charge on any atom is 0.266 e. The molecule has 1 fully saturated rings. The Kier molecular flexibility index (Phi) is 3.71. The highest BCUT2D eigenvalue weighted by molar-refractivity contribution is 9.10. The molecule has 1 aliphatic rings. The van der Waals surface area contributed by atoms with Crippen LogP contribution in [0.15, 0.2) is 22.7 Å². The normalized spacial score (nSPS) is 18.1. The van der Waals surface area contributed by atoms with Crippen LogP contribution in [0, 0.1) is 0 Å². The predicted octanol–water partition coefficient (Wildman–Crippen LogP) is 3.50. The van der Waals surface area contributed by atoms with E-state index in [0.717, 1.165) is 14.6 Å². The summed E-state index contributed by atoms with van der Waals surface area (Å²) in [6.07, 6.45) is 0. The van der Waals surface area contributed by atoms with Gasteiger partial charge in [0.25, 0.3) is 5.91 Å². The smallest absolute Gasteiger partial charge is 0.266 e. The Hall–Kier alpha value is -1.11. The summed E-state index contributed by atoms with van der Waals surface area (Å²) in [6.45, 7) is 5.75. The van der Waals surface area contributed by atoms with E-state index in [4.69, 9.17) is 10.5 Å². The van der Waals surface area contributed by atoms with Crippen molar-refractivity contribution in [1.29, 1.82) is 0 Å². The van der Waals surface area contributed by atoms with Crippen LogP contribution in [0.1, 0.15) is 23.5 Å². The average molecular weight is 369 g/mol. The first kappa shape index (κ1) is 14.8. The highest BCUT2D eigenvalue weighted by Crippen LogP contribution is 2.39. The van der Waals surface area contributed by atoms with Crippen LogP contribution in [0.25, 0.3) is 10.1 Å². The zero-order valence-electron chi connectivity index (χ0n) is 12.0. The summed E-state index contributed by atoms with van der Waals surface area (Å²) in [6, 6.07) is 5.88. The van der Waals surface area contributed by atoms with Crippen molar-refractivity contribution in [2.24, 2.45) is 0 Å². The molecule has 112 valence electrons. The third-order valence-corrected chi connectivity index (χ3v) is 5.61. The van der Waals surface area contributed by atoms with E-state index in [1.165, 1.54) is 11.3 Å². The number of nitrogens with two attached hydrogens (primary N) is 1. The van der Waals surface area contributed by atoms with Gasteiger partial charge in [-0.2, -0.15) is 0 Å². The van der Waals surface area contributed by atoms with Gasteiger partial charge < -0.3 is 15.4 Å². The van der Waals surface area contributed by atoms with Crippen LogP contribution in [0.3, 0.4) is 0 Å². The van der Waals surface area contributed by atoms with Gasteiger partial charge in [-0.25, -0.2) is 0 Å². The number of hydrogen-bond acceptors (Lipinski definition) is 4. The van der Waals surface area contributed by atoms with E-state index in [9.17, 15) is 4.79 Å². The number of anilines is 1. The van der Waals surface area contributed by atoms with E-state index in [0.29, 0.717) is 30.3 Å². The molecular weight excluding hydrogens is 352 g/mol. The van der Waals surface area contributed by atoms with Crippen molar-refractivity contribution in [2.75, 3.05) is 25.5 Å². The number of carbonyl (C=O) groups excluding carboxylic acids is 1. The second-order valence-corrected chi connectivity index (χ2v) is 7.69. The van der Waals surface area contributed by atoms with Crippen molar-refractivity contribution in [3.05, 3.63) is 27.5 Å². The number of nitrogens with zero attached hydrogens (tertiary/aromatic N) is 1. The second-order valence-electron chi connectivity index (χ2n) is 5.78. The molecule has 1 saturated heterocycles. The van der Waals surface area contributed by atoms with E-state index < -0.39 is 0 Å². The molecule has 0 atom stereocenters. The fraction of sp³-hybridized carbons (Fsp3) is 0.400.